The third-order valence-electron chi connectivity index (χ3n) is 5.44. The van der Waals surface area contributed by atoms with E-state index in [1.807, 2.05) is 60.7 Å². The number of rotatable bonds is 7. The van der Waals surface area contributed by atoms with E-state index in [4.69, 9.17) is 9.47 Å². The Morgan fingerprint density at radius 3 is 2.28 bits per heavy atom. The Balaban J connectivity index is 1.71. The zero-order valence-electron chi connectivity index (χ0n) is 18.4. The largest absolute Gasteiger partial charge is 0.467 e. The van der Waals surface area contributed by atoms with Crippen LogP contribution in [0.4, 0.5) is 4.79 Å². The lowest BCUT2D eigenvalue weighted by molar-refractivity contribution is -0.152. The Morgan fingerprint density at radius 2 is 1.66 bits per heavy atom. The molecule has 1 heterocycles. The molecule has 3 rings (SSSR count). The number of hydrogen-bond acceptors (Lipinski definition) is 6. The van der Waals surface area contributed by atoms with Crippen molar-refractivity contribution >= 4 is 18.0 Å². The van der Waals surface area contributed by atoms with E-state index in [2.05, 4.69) is 10.2 Å². The zero-order chi connectivity index (χ0) is 22.9. The molecule has 2 amide bonds. The van der Waals surface area contributed by atoms with Crippen molar-refractivity contribution in [1.29, 1.82) is 0 Å². The lowest BCUT2D eigenvalue weighted by atomic mass is 10.2. The van der Waals surface area contributed by atoms with Gasteiger partial charge in [0.05, 0.1) is 7.11 Å². The number of amides is 2. The Bertz CT molecular complexity index is 906. The second kappa shape index (κ2) is 11.3. The average Bonchev–Trinajstić information content (AvgIpc) is 2.96. The summed E-state index contributed by atoms with van der Waals surface area (Å²) in [5.41, 5.74) is 1.95. The van der Waals surface area contributed by atoms with Crippen LogP contribution in [0.2, 0.25) is 0 Å². The molecular formula is C24H29N3O5. The summed E-state index contributed by atoms with van der Waals surface area (Å²) in [7, 11) is 1.29. The lowest BCUT2D eigenvalue weighted by Gasteiger charge is -2.28. The molecule has 32 heavy (non-hydrogen) atoms. The first-order valence-electron chi connectivity index (χ1n) is 10.6. The van der Waals surface area contributed by atoms with E-state index < -0.39 is 24.1 Å². The van der Waals surface area contributed by atoms with Gasteiger partial charge in [-0.1, -0.05) is 60.7 Å². The first kappa shape index (κ1) is 23.3. The Hall–Kier alpha value is -3.39. The third kappa shape index (κ3) is 6.31. The fraction of sp³-hybridized carbons (Fsp3) is 0.375. The molecule has 0 spiro atoms. The highest BCUT2D eigenvalue weighted by molar-refractivity contribution is 5.90. The number of nitrogens with zero attached hydrogens (tertiary/aromatic N) is 2. The minimum absolute atomic E-state index is 0.101. The quantitative estimate of drug-likeness (QED) is 0.666. The first-order valence-corrected chi connectivity index (χ1v) is 10.6. The van der Waals surface area contributed by atoms with Gasteiger partial charge >= 0.3 is 12.1 Å². The molecule has 1 aliphatic rings. The number of ether oxygens (including phenoxy) is 2. The smallest absolute Gasteiger partial charge is 0.408 e. The van der Waals surface area contributed by atoms with Gasteiger partial charge in [-0.15, -0.1) is 0 Å². The molecule has 1 aliphatic heterocycles. The van der Waals surface area contributed by atoms with Gasteiger partial charge in [-0.3, -0.25) is 9.69 Å². The molecule has 1 fully saturated rings. The van der Waals surface area contributed by atoms with Crippen LogP contribution in [0, 0.1) is 0 Å². The van der Waals surface area contributed by atoms with Crippen molar-refractivity contribution in [3.63, 3.8) is 0 Å². The molecule has 0 unspecified atom stereocenters. The van der Waals surface area contributed by atoms with E-state index in [1.54, 1.807) is 6.92 Å². The van der Waals surface area contributed by atoms with Crippen LogP contribution in [0.15, 0.2) is 60.7 Å². The number of benzene rings is 2. The predicted octanol–water partition coefficient (Wildman–Crippen LogP) is 2.19. The molecule has 1 N–H and O–H groups in total. The number of carbonyl (C=O) groups excluding carboxylic acids is 3. The Labute approximate surface area is 188 Å². The van der Waals surface area contributed by atoms with Gasteiger partial charge in [-0.05, 0) is 18.1 Å². The van der Waals surface area contributed by atoms with Crippen molar-refractivity contribution in [2.45, 2.75) is 32.2 Å². The monoisotopic (exact) mass is 439 g/mol. The molecule has 8 heteroatoms. The summed E-state index contributed by atoms with van der Waals surface area (Å²) in [6.07, 6.45) is -0.681. The van der Waals surface area contributed by atoms with E-state index in [0.717, 1.165) is 11.1 Å². The summed E-state index contributed by atoms with van der Waals surface area (Å²) in [5.74, 6) is -0.838. The van der Waals surface area contributed by atoms with Crippen molar-refractivity contribution in [2.75, 3.05) is 26.7 Å². The predicted molar refractivity (Wildman–Crippen MR) is 118 cm³/mol. The number of alkyl carbamates (subject to hydrolysis) is 1. The molecule has 0 radical (unpaired) electrons. The maximum atomic E-state index is 13.2. The van der Waals surface area contributed by atoms with Gasteiger partial charge in [0.15, 0.2) is 0 Å². The first-order chi connectivity index (χ1) is 15.5. The summed E-state index contributed by atoms with van der Waals surface area (Å²) in [4.78, 5) is 41.3. The minimum Gasteiger partial charge on any atom is -0.467 e. The maximum Gasteiger partial charge on any atom is 0.408 e. The van der Waals surface area contributed by atoms with E-state index in [0.29, 0.717) is 26.2 Å². The molecule has 8 nitrogen and oxygen atoms in total. The van der Waals surface area contributed by atoms with Crippen molar-refractivity contribution in [2.24, 2.45) is 0 Å². The van der Waals surface area contributed by atoms with E-state index in [9.17, 15) is 14.4 Å². The summed E-state index contributed by atoms with van der Waals surface area (Å²) in [6.45, 7) is 3.55. The van der Waals surface area contributed by atoms with Crippen LogP contribution in [-0.4, -0.2) is 66.6 Å². The summed E-state index contributed by atoms with van der Waals surface area (Å²) in [6, 6.07) is 17.6. The van der Waals surface area contributed by atoms with Gasteiger partial charge in [0.25, 0.3) is 0 Å². The topological polar surface area (TPSA) is 88.2 Å². The number of methoxy groups -OCH3 is 1. The lowest BCUT2D eigenvalue weighted by Crippen LogP contribution is -2.54. The van der Waals surface area contributed by atoms with Gasteiger partial charge in [-0.25, -0.2) is 9.59 Å². The third-order valence-corrected chi connectivity index (χ3v) is 5.44. The maximum absolute atomic E-state index is 13.2. The highest BCUT2D eigenvalue weighted by atomic mass is 16.5. The number of esters is 1. The van der Waals surface area contributed by atoms with Gasteiger partial charge in [0, 0.05) is 26.2 Å². The molecule has 0 aliphatic carbocycles. The van der Waals surface area contributed by atoms with Crippen LogP contribution in [0.5, 0.6) is 0 Å². The van der Waals surface area contributed by atoms with Crippen LogP contribution in [-0.2, 0) is 32.2 Å². The second-order valence-electron chi connectivity index (χ2n) is 7.71. The molecule has 2 atom stereocenters. The van der Waals surface area contributed by atoms with E-state index >= 15 is 0 Å². The summed E-state index contributed by atoms with van der Waals surface area (Å²) < 4.78 is 10.1. The number of nitrogens with one attached hydrogen (secondary N) is 1. The average molecular weight is 440 g/mol. The molecular weight excluding hydrogens is 410 g/mol. The fourth-order valence-electron chi connectivity index (χ4n) is 3.67. The fourth-order valence-corrected chi connectivity index (χ4v) is 3.67. The molecule has 1 saturated heterocycles. The number of hydrogen-bond donors (Lipinski definition) is 1. The number of carbonyl (C=O) groups is 3. The molecule has 0 bridgehead atoms. The van der Waals surface area contributed by atoms with Crippen molar-refractivity contribution in [3.8, 4) is 0 Å². The standard InChI is InChI=1S/C24H29N3O5/c1-18(23(29)31-2)27-14-13-26(15-19-9-5-3-6-10-19)16-21(22(27)28)25-24(30)32-17-20-11-7-4-8-12-20/h3-12,18,21H,13-17H2,1-2H3,(H,25,30)/t18-,21+/m1/s1. The highest BCUT2D eigenvalue weighted by Crippen LogP contribution is 2.14. The highest BCUT2D eigenvalue weighted by Gasteiger charge is 2.36. The van der Waals surface area contributed by atoms with Gasteiger partial charge < -0.3 is 19.7 Å². The molecule has 170 valence electrons. The normalized spacial score (nSPS) is 17.9. The van der Waals surface area contributed by atoms with Gasteiger partial charge in [0.1, 0.15) is 18.7 Å². The van der Waals surface area contributed by atoms with Gasteiger partial charge in [0.2, 0.25) is 5.91 Å². The Morgan fingerprint density at radius 1 is 1.03 bits per heavy atom. The molecule has 0 aromatic heterocycles. The molecule has 2 aromatic carbocycles. The Kier molecular flexibility index (Phi) is 8.21. The van der Waals surface area contributed by atoms with Crippen LogP contribution in [0.25, 0.3) is 0 Å². The molecule has 2 aromatic rings. The summed E-state index contributed by atoms with van der Waals surface area (Å²) >= 11 is 0. The minimum atomic E-state index is -0.850. The van der Waals surface area contributed by atoms with Crippen LogP contribution >= 0.6 is 0 Å². The summed E-state index contributed by atoms with van der Waals surface area (Å²) in [5, 5.41) is 2.69. The van der Waals surface area contributed by atoms with Crippen molar-refractivity contribution in [3.05, 3.63) is 71.8 Å². The zero-order valence-corrected chi connectivity index (χ0v) is 18.4. The molecule has 0 saturated carbocycles. The van der Waals surface area contributed by atoms with E-state index in [-0.39, 0.29) is 12.5 Å². The van der Waals surface area contributed by atoms with Crippen LogP contribution < -0.4 is 5.32 Å². The second-order valence-corrected chi connectivity index (χ2v) is 7.71. The SMILES string of the molecule is COC(=O)[C@@H](C)N1CCN(Cc2ccccc2)C[C@H](NC(=O)OCc2ccccc2)C1=O. The van der Waals surface area contributed by atoms with Crippen LogP contribution in [0.1, 0.15) is 18.1 Å². The van der Waals surface area contributed by atoms with Crippen molar-refractivity contribution in [1.82, 2.24) is 15.1 Å². The van der Waals surface area contributed by atoms with Crippen molar-refractivity contribution < 1.29 is 23.9 Å². The van der Waals surface area contributed by atoms with Gasteiger partial charge in [-0.2, -0.15) is 0 Å². The van der Waals surface area contributed by atoms with E-state index in [1.165, 1.54) is 12.0 Å². The van der Waals surface area contributed by atoms with Crippen LogP contribution in [0.3, 0.4) is 0 Å².